The second-order valence-corrected chi connectivity index (χ2v) is 9.78. The van der Waals surface area contributed by atoms with Crippen molar-refractivity contribution in [2.24, 2.45) is 0 Å². The topological polar surface area (TPSA) is 51.1 Å². The van der Waals surface area contributed by atoms with Gasteiger partial charge in [-0.25, -0.2) is 0 Å². The van der Waals surface area contributed by atoms with Crippen molar-refractivity contribution >= 4 is 39.0 Å². The van der Waals surface area contributed by atoms with Crippen LogP contribution in [0.1, 0.15) is 44.8 Å². The molecule has 0 bridgehead atoms. The van der Waals surface area contributed by atoms with E-state index in [-0.39, 0.29) is 11.9 Å². The Kier molecular flexibility index (Phi) is 6.83. The zero-order valence-electron chi connectivity index (χ0n) is 19.8. The van der Waals surface area contributed by atoms with Crippen LogP contribution in [-0.4, -0.2) is 16.8 Å². The third-order valence-corrected chi connectivity index (χ3v) is 7.00. The highest BCUT2D eigenvalue weighted by atomic mass is 79.9. The molecule has 0 fully saturated rings. The number of amides is 1. The van der Waals surface area contributed by atoms with Gasteiger partial charge in [-0.3, -0.25) is 9.59 Å². The summed E-state index contributed by atoms with van der Waals surface area (Å²) in [7, 11) is 0. The first kappa shape index (κ1) is 23.8. The number of carbonyl (C=O) groups is 2. The predicted octanol–water partition coefficient (Wildman–Crippen LogP) is 7.42. The van der Waals surface area contributed by atoms with Crippen LogP contribution < -0.4 is 5.32 Å². The van der Waals surface area contributed by atoms with Crippen molar-refractivity contribution in [3.8, 4) is 11.1 Å². The molecular formula is C31H25BrN2O2. The molecule has 5 aromatic rings. The third-order valence-electron chi connectivity index (χ3n) is 6.47. The second kappa shape index (κ2) is 10.3. The van der Waals surface area contributed by atoms with Crippen molar-refractivity contribution < 1.29 is 9.59 Å². The minimum absolute atomic E-state index is 0.0933. The number of nitrogens with zero attached hydrogens (tertiary/aromatic N) is 1. The number of fused-ring (bicyclic) bond motifs is 1. The number of carbonyl (C=O) groups excluding carboxylic acids is 2. The van der Waals surface area contributed by atoms with Crippen molar-refractivity contribution in [1.29, 1.82) is 0 Å². The van der Waals surface area contributed by atoms with E-state index in [0.717, 1.165) is 38.4 Å². The van der Waals surface area contributed by atoms with Crippen LogP contribution >= 0.6 is 15.9 Å². The maximum Gasteiger partial charge on any atom is 0.251 e. The smallest absolute Gasteiger partial charge is 0.251 e. The van der Waals surface area contributed by atoms with E-state index in [2.05, 4.69) is 44.1 Å². The van der Waals surface area contributed by atoms with Crippen LogP contribution in [0.15, 0.2) is 108 Å². The lowest BCUT2D eigenvalue weighted by atomic mass is 9.98. The Morgan fingerprint density at radius 2 is 1.69 bits per heavy atom. The fourth-order valence-electron chi connectivity index (χ4n) is 4.46. The first-order valence-corrected chi connectivity index (χ1v) is 12.6. The summed E-state index contributed by atoms with van der Waals surface area (Å²) in [5.74, 6) is -0.0933. The number of hydrogen-bond donors (Lipinski definition) is 1. The standard InChI is InChI=1S/C31H25BrN2O2/c1-21(23-10-13-28(32)14-11-23)33-31(36)26-12-15-30-25(18-26)16-17-34(30)19-27-4-2-3-5-29(27)24-8-6-22(20-35)7-9-24/h2-18,20-21H,19H2,1H3,(H,33,36)/t21-/m0/s1. The Labute approximate surface area is 218 Å². The van der Waals surface area contributed by atoms with Crippen LogP contribution in [0.3, 0.4) is 0 Å². The van der Waals surface area contributed by atoms with Crippen molar-refractivity contribution in [1.82, 2.24) is 9.88 Å². The predicted molar refractivity (Wildman–Crippen MR) is 148 cm³/mol. The molecule has 0 unspecified atom stereocenters. The average molecular weight is 537 g/mol. The highest BCUT2D eigenvalue weighted by Crippen LogP contribution is 2.27. The van der Waals surface area contributed by atoms with Gasteiger partial charge in [0.15, 0.2) is 0 Å². The molecule has 1 aromatic heterocycles. The maximum absolute atomic E-state index is 12.9. The number of benzene rings is 4. The molecule has 5 rings (SSSR count). The van der Waals surface area contributed by atoms with Crippen LogP contribution in [0.2, 0.25) is 0 Å². The lowest BCUT2D eigenvalue weighted by Crippen LogP contribution is -2.26. The number of rotatable bonds is 7. The van der Waals surface area contributed by atoms with E-state index in [9.17, 15) is 9.59 Å². The summed E-state index contributed by atoms with van der Waals surface area (Å²) in [6, 6.07) is 31.7. The van der Waals surface area contributed by atoms with Gasteiger partial charge in [0, 0.05) is 39.2 Å². The van der Waals surface area contributed by atoms with Gasteiger partial charge in [-0.05, 0) is 65.6 Å². The second-order valence-electron chi connectivity index (χ2n) is 8.86. The van der Waals surface area contributed by atoms with E-state index in [4.69, 9.17) is 0 Å². The van der Waals surface area contributed by atoms with Crippen LogP contribution in [-0.2, 0) is 6.54 Å². The normalized spacial score (nSPS) is 11.8. The molecule has 178 valence electrons. The molecule has 36 heavy (non-hydrogen) atoms. The molecule has 0 aliphatic rings. The van der Waals surface area contributed by atoms with E-state index < -0.39 is 0 Å². The Hall–Kier alpha value is -3.96. The summed E-state index contributed by atoms with van der Waals surface area (Å²) in [6.07, 6.45) is 2.92. The summed E-state index contributed by atoms with van der Waals surface area (Å²) in [4.78, 5) is 24.0. The first-order chi connectivity index (χ1) is 17.5. The van der Waals surface area contributed by atoms with Crippen molar-refractivity contribution in [2.75, 3.05) is 0 Å². The van der Waals surface area contributed by atoms with Crippen LogP contribution in [0.4, 0.5) is 0 Å². The molecule has 5 heteroatoms. The van der Waals surface area contributed by atoms with Gasteiger partial charge in [0.25, 0.3) is 5.91 Å². The van der Waals surface area contributed by atoms with E-state index in [1.807, 2.05) is 91.9 Å². The number of halogens is 1. The van der Waals surface area contributed by atoms with Gasteiger partial charge < -0.3 is 9.88 Å². The van der Waals surface area contributed by atoms with Crippen molar-refractivity contribution in [2.45, 2.75) is 19.5 Å². The van der Waals surface area contributed by atoms with Crippen molar-refractivity contribution in [3.63, 3.8) is 0 Å². The van der Waals surface area contributed by atoms with E-state index >= 15 is 0 Å². The highest BCUT2D eigenvalue weighted by molar-refractivity contribution is 9.10. The minimum Gasteiger partial charge on any atom is -0.346 e. The molecule has 1 amide bonds. The first-order valence-electron chi connectivity index (χ1n) is 11.8. The lowest BCUT2D eigenvalue weighted by molar-refractivity contribution is 0.0939. The molecule has 0 spiro atoms. The van der Waals surface area contributed by atoms with Gasteiger partial charge in [-0.15, -0.1) is 0 Å². The molecule has 0 aliphatic carbocycles. The van der Waals surface area contributed by atoms with E-state index in [1.165, 1.54) is 5.56 Å². The molecule has 1 N–H and O–H groups in total. The lowest BCUT2D eigenvalue weighted by Gasteiger charge is -2.15. The van der Waals surface area contributed by atoms with E-state index in [1.54, 1.807) is 0 Å². The van der Waals surface area contributed by atoms with E-state index in [0.29, 0.717) is 17.7 Å². The summed E-state index contributed by atoms with van der Waals surface area (Å²) >= 11 is 3.45. The number of nitrogens with one attached hydrogen (secondary N) is 1. The van der Waals surface area contributed by atoms with Crippen LogP contribution in [0.5, 0.6) is 0 Å². The molecular weight excluding hydrogens is 512 g/mol. The zero-order chi connectivity index (χ0) is 25.1. The fourth-order valence-corrected chi connectivity index (χ4v) is 4.72. The summed E-state index contributed by atoms with van der Waals surface area (Å²) in [5, 5.41) is 4.11. The molecule has 0 saturated carbocycles. The number of aldehydes is 1. The van der Waals surface area contributed by atoms with Crippen LogP contribution in [0, 0.1) is 0 Å². The highest BCUT2D eigenvalue weighted by Gasteiger charge is 2.14. The van der Waals surface area contributed by atoms with Gasteiger partial charge in [-0.1, -0.05) is 76.6 Å². The van der Waals surface area contributed by atoms with Crippen LogP contribution in [0.25, 0.3) is 22.0 Å². The number of hydrogen-bond acceptors (Lipinski definition) is 2. The largest absolute Gasteiger partial charge is 0.346 e. The summed E-state index contributed by atoms with van der Waals surface area (Å²) in [6.45, 7) is 2.68. The molecule has 0 saturated heterocycles. The number of aromatic nitrogens is 1. The van der Waals surface area contributed by atoms with Gasteiger partial charge in [-0.2, -0.15) is 0 Å². The monoisotopic (exact) mass is 536 g/mol. The zero-order valence-corrected chi connectivity index (χ0v) is 21.4. The Balaban J connectivity index is 1.36. The molecule has 1 heterocycles. The molecule has 4 nitrogen and oxygen atoms in total. The third kappa shape index (κ3) is 5.02. The molecule has 1 atom stereocenters. The Morgan fingerprint density at radius 1 is 0.944 bits per heavy atom. The molecule has 4 aromatic carbocycles. The van der Waals surface area contributed by atoms with Crippen molar-refractivity contribution in [3.05, 3.63) is 130 Å². The van der Waals surface area contributed by atoms with Gasteiger partial charge >= 0.3 is 0 Å². The SMILES string of the molecule is C[C@H](NC(=O)c1ccc2c(ccn2Cc2ccccc2-c2ccc(C=O)cc2)c1)c1ccc(Br)cc1. The summed E-state index contributed by atoms with van der Waals surface area (Å²) < 4.78 is 3.21. The van der Waals surface area contributed by atoms with Gasteiger partial charge in [0.2, 0.25) is 0 Å². The summed E-state index contributed by atoms with van der Waals surface area (Å²) in [5.41, 5.74) is 6.82. The average Bonchev–Trinajstić information content (AvgIpc) is 3.31. The molecule has 0 aliphatic heterocycles. The quantitative estimate of drug-likeness (QED) is 0.220. The Bertz CT molecular complexity index is 1540. The Morgan fingerprint density at radius 3 is 2.44 bits per heavy atom. The van der Waals surface area contributed by atoms with Gasteiger partial charge in [0.1, 0.15) is 6.29 Å². The minimum atomic E-state index is -0.0944. The fraction of sp³-hybridized carbons (Fsp3) is 0.0968. The maximum atomic E-state index is 12.9. The molecule has 0 radical (unpaired) electrons. The van der Waals surface area contributed by atoms with Gasteiger partial charge in [0.05, 0.1) is 6.04 Å².